The Bertz CT molecular complexity index is 1180. The predicted molar refractivity (Wildman–Crippen MR) is 126 cm³/mol. The number of anilines is 3. The Kier molecular flexibility index (Phi) is 5.34. The molecule has 1 aliphatic rings. The third-order valence-corrected chi connectivity index (χ3v) is 5.40. The molecule has 3 aromatic carbocycles. The maximum absolute atomic E-state index is 13.6. The highest BCUT2D eigenvalue weighted by molar-refractivity contribution is 6.46. The molecule has 0 saturated heterocycles. The Morgan fingerprint density at radius 2 is 1.48 bits per heavy atom. The second kappa shape index (κ2) is 8.11. The van der Waals surface area contributed by atoms with E-state index in [-0.39, 0.29) is 11.8 Å². The van der Waals surface area contributed by atoms with Crippen molar-refractivity contribution in [3.8, 4) is 0 Å². The van der Waals surface area contributed by atoms with E-state index in [4.69, 9.17) is 0 Å². The zero-order valence-corrected chi connectivity index (χ0v) is 18.1. The molecule has 0 saturated carbocycles. The molecule has 1 aliphatic heterocycles. The second-order valence-corrected chi connectivity index (χ2v) is 7.92. The van der Waals surface area contributed by atoms with Crippen LogP contribution in [0.15, 0.2) is 78.5 Å². The van der Waals surface area contributed by atoms with E-state index in [1.54, 1.807) is 12.1 Å². The van der Waals surface area contributed by atoms with Gasteiger partial charge in [-0.25, -0.2) is 4.90 Å². The lowest BCUT2D eigenvalue weighted by Gasteiger charge is -2.18. The molecule has 4 rings (SSSR count). The van der Waals surface area contributed by atoms with E-state index in [0.717, 1.165) is 28.1 Å². The third-order valence-electron chi connectivity index (χ3n) is 5.40. The quantitative estimate of drug-likeness (QED) is 0.615. The SMILES string of the molecule is Cc1ccc(C2=C(Nc3ccccc3)C(=O)N(c3ccc(N(C)C)cc3)C2=O)c(C)c1. The van der Waals surface area contributed by atoms with E-state index in [1.807, 2.05) is 93.5 Å². The number of hydrogen-bond donors (Lipinski definition) is 1. The number of imide groups is 1. The van der Waals surface area contributed by atoms with E-state index in [2.05, 4.69) is 5.32 Å². The fourth-order valence-corrected chi connectivity index (χ4v) is 3.79. The van der Waals surface area contributed by atoms with Crippen molar-refractivity contribution >= 4 is 34.4 Å². The van der Waals surface area contributed by atoms with Crippen LogP contribution < -0.4 is 15.1 Å². The lowest BCUT2D eigenvalue weighted by molar-refractivity contribution is -0.120. The van der Waals surface area contributed by atoms with Crippen LogP contribution >= 0.6 is 0 Å². The number of rotatable bonds is 5. The average molecular weight is 412 g/mol. The molecule has 5 nitrogen and oxygen atoms in total. The summed E-state index contributed by atoms with van der Waals surface area (Å²) in [5.41, 5.74) is 5.80. The monoisotopic (exact) mass is 411 g/mol. The van der Waals surface area contributed by atoms with Crippen LogP contribution in [0.5, 0.6) is 0 Å². The van der Waals surface area contributed by atoms with Gasteiger partial charge in [-0.1, -0.05) is 42.0 Å². The van der Waals surface area contributed by atoms with Crippen molar-refractivity contribution in [2.24, 2.45) is 0 Å². The van der Waals surface area contributed by atoms with Gasteiger partial charge in [0.15, 0.2) is 0 Å². The van der Waals surface area contributed by atoms with Gasteiger partial charge in [0.2, 0.25) is 0 Å². The molecule has 5 heteroatoms. The van der Waals surface area contributed by atoms with Crippen molar-refractivity contribution in [3.05, 3.63) is 95.2 Å². The number of carbonyl (C=O) groups excluding carboxylic acids is 2. The Hall–Kier alpha value is -3.86. The maximum atomic E-state index is 13.6. The van der Waals surface area contributed by atoms with Crippen LogP contribution in [-0.4, -0.2) is 25.9 Å². The number of nitrogens with one attached hydrogen (secondary N) is 1. The van der Waals surface area contributed by atoms with Gasteiger partial charge in [0, 0.05) is 25.5 Å². The van der Waals surface area contributed by atoms with Crippen molar-refractivity contribution in [2.45, 2.75) is 13.8 Å². The van der Waals surface area contributed by atoms with E-state index in [1.165, 1.54) is 4.90 Å². The number of benzene rings is 3. The minimum Gasteiger partial charge on any atom is -0.378 e. The molecular formula is C26H25N3O2. The summed E-state index contributed by atoms with van der Waals surface area (Å²) in [6.07, 6.45) is 0. The number of amides is 2. The van der Waals surface area contributed by atoms with Gasteiger partial charge >= 0.3 is 0 Å². The normalized spacial score (nSPS) is 13.7. The van der Waals surface area contributed by atoms with Crippen LogP contribution in [0.3, 0.4) is 0 Å². The van der Waals surface area contributed by atoms with Crippen LogP contribution in [0.25, 0.3) is 5.57 Å². The lowest BCUT2D eigenvalue weighted by atomic mass is 9.97. The summed E-state index contributed by atoms with van der Waals surface area (Å²) in [5, 5.41) is 3.20. The summed E-state index contributed by atoms with van der Waals surface area (Å²) < 4.78 is 0. The number of aryl methyl sites for hydroxylation is 2. The van der Waals surface area contributed by atoms with Crippen LogP contribution in [0.2, 0.25) is 0 Å². The van der Waals surface area contributed by atoms with Crippen molar-refractivity contribution in [2.75, 3.05) is 29.2 Å². The first-order valence-electron chi connectivity index (χ1n) is 10.2. The molecule has 0 unspecified atom stereocenters. The summed E-state index contributed by atoms with van der Waals surface area (Å²) in [5.74, 6) is -0.686. The Morgan fingerprint density at radius 3 is 2.10 bits per heavy atom. The van der Waals surface area contributed by atoms with Crippen LogP contribution in [0.1, 0.15) is 16.7 Å². The van der Waals surface area contributed by atoms with Gasteiger partial charge in [-0.05, 0) is 61.4 Å². The molecule has 156 valence electrons. The molecule has 0 aromatic heterocycles. The fourth-order valence-electron chi connectivity index (χ4n) is 3.79. The Balaban J connectivity index is 1.81. The van der Waals surface area contributed by atoms with Gasteiger partial charge in [-0.2, -0.15) is 0 Å². The summed E-state index contributed by atoms with van der Waals surface area (Å²) in [6.45, 7) is 3.97. The summed E-state index contributed by atoms with van der Waals surface area (Å²) >= 11 is 0. The van der Waals surface area contributed by atoms with E-state index in [0.29, 0.717) is 17.0 Å². The highest BCUT2D eigenvalue weighted by Crippen LogP contribution is 2.35. The minimum atomic E-state index is -0.360. The van der Waals surface area contributed by atoms with Gasteiger partial charge in [0.05, 0.1) is 11.3 Å². The van der Waals surface area contributed by atoms with Crippen molar-refractivity contribution in [3.63, 3.8) is 0 Å². The Labute approximate surface area is 182 Å². The summed E-state index contributed by atoms with van der Waals surface area (Å²) in [6, 6.07) is 22.7. The van der Waals surface area contributed by atoms with Crippen molar-refractivity contribution in [1.29, 1.82) is 0 Å². The number of para-hydroxylation sites is 1. The molecule has 0 aliphatic carbocycles. The zero-order chi connectivity index (χ0) is 22.1. The van der Waals surface area contributed by atoms with E-state index >= 15 is 0 Å². The molecule has 0 atom stereocenters. The first kappa shape index (κ1) is 20.4. The van der Waals surface area contributed by atoms with Gasteiger partial charge in [-0.15, -0.1) is 0 Å². The zero-order valence-electron chi connectivity index (χ0n) is 18.1. The van der Waals surface area contributed by atoms with Gasteiger partial charge < -0.3 is 10.2 Å². The number of hydrogen-bond acceptors (Lipinski definition) is 4. The largest absolute Gasteiger partial charge is 0.378 e. The lowest BCUT2D eigenvalue weighted by Crippen LogP contribution is -2.32. The highest BCUT2D eigenvalue weighted by atomic mass is 16.2. The van der Waals surface area contributed by atoms with Gasteiger partial charge in [0.25, 0.3) is 11.8 Å². The first-order valence-corrected chi connectivity index (χ1v) is 10.2. The maximum Gasteiger partial charge on any atom is 0.282 e. The fraction of sp³-hybridized carbons (Fsp3) is 0.154. The van der Waals surface area contributed by atoms with Gasteiger partial charge in [0.1, 0.15) is 5.70 Å². The van der Waals surface area contributed by atoms with Gasteiger partial charge in [-0.3, -0.25) is 9.59 Å². The molecular weight excluding hydrogens is 386 g/mol. The van der Waals surface area contributed by atoms with Crippen LogP contribution in [0, 0.1) is 13.8 Å². The molecule has 3 aromatic rings. The van der Waals surface area contributed by atoms with Crippen molar-refractivity contribution in [1.82, 2.24) is 0 Å². The third kappa shape index (κ3) is 3.82. The van der Waals surface area contributed by atoms with E-state index < -0.39 is 0 Å². The summed E-state index contributed by atoms with van der Waals surface area (Å²) in [4.78, 5) is 30.3. The summed E-state index contributed by atoms with van der Waals surface area (Å²) in [7, 11) is 3.89. The average Bonchev–Trinajstić information content (AvgIpc) is 2.99. The highest BCUT2D eigenvalue weighted by Gasteiger charge is 2.40. The molecule has 1 heterocycles. The number of carbonyl (C=O) groups is 2. The molecule has 1 N–H and O–H groups in total. The standard InChI is InChI=1S/C26H25N3O2/c1-17-10-15-22(18(2)16-17)23-24(27-19-8-6-5-7-9-19)26(31)29(25(23)30)21-13-11-20(12-14-21)28(3)4/h5-16,27H,1-4H3. The smallest absolute Gasteiger partial charge is 0.282 e. The first-order chi connectivity index (χ1) is 14.9. The molecule has 0 fully saturated rings. The molecule has 2 amide bonds. The van der Waals surface area contributed by atoms with Crippen LogP contribution in [-0.2, 0) is 9.59 Å². The molecule has 0 spiro atoms. The minimum absolute atomic E-state index is 0.292. The number of nitrogens with zero attached hydrogens (tertiary/aromatic N) is 2. The molecule has 0 bridgehead atoms. The Morgan fingerprint density at radius 1 is 0.806 bits per heavy atom. The van der Waals surface area contributed by atoms with Crippen LogP contribution in [0.4, 0.5) is 17.1 Å². The predicted octanol–water partition coefficient (Wildman–Crippen LogP) is 4.77. The van der Waals surface area contributed by atoms with E-state index in [9.17, 15) is 9.59 Å². The molecule has 31 heavy (non-hydrogen) atoms. The van der Waals surface area contributed by atoms with Crippen molar-refractivity contribution < 1.29 is 9.59 Å². The molecule has 0 radical (unpaired) electrons. The topological polar surface area (TPSA) is 52.7 Å². The second-order valence-electron chi connectivity index (χ2n) is 7.92.